The van der Waals surface area contributed by atoms with E-state index in [0.29, 0.717) is 0 Å². The molecule has 0 radical (unpaired) electrons. The fourth-order valence-corrected chi connectivity index (χ4v) is 3.21. The number of hydrogen-bond donors (Lipinski definition) is 3. The summed E-state index contributed by atoms with van der Waals surface area (Å²) in [6.07, 6.45) is -0.483. The monoisotopic (exact) mass is 326 g/mol. The van der Waals surface area contributed by atoms with Crippen molar-refractivity contribution in [2.45, 2.75) is 12.5 Å². The molecular formula is C13H11ClN2O4S. The first-order chi connectivity index (χ1) is 9.90. The molecule has 2 aromatic rings. The fourth-order valence-electron chi connectivity index (χ4n) is 1.79. The van der Waals surface area contributed by atoms with Crippen LogP contribution in [-0.4, -0.2) is 28.9 Å². The number of nitrogens with one attached hydrogen (secondary N) is 1. The lowest BCUT2D eigenvalue weighted by molar-refractivity contribution is -0.140. The normalized spacial score (nSPS) is 12.0. The van der Waals surface area contributed by atoms with Crippen molar-refractivity contribution in [2.75, 3.05) is 0 Å². The van der Waals surface area contributed by atoms with Gasteiger partial charge in [-0.3, -0.25) is 9.59 Å². The Morgan fingerprint density at radius 2 is 2.00 bits per heavy atom. The summed E-state index contributed by atoms with van der Waals surface area (Å²) in [6.45, 7) is 0. The summed E-state index contributed by atoms with van der Waals surface area (Å²) in [7, 11) is 0. The molecule has 2 rings (SSSR count). The second kappa shape index (κ2) is 6.11. The lowest BCUT2D eigenvalue weighted by atomic mass is 10.2. The molecule has 0 saturated heterocycles. The Hall–Kier alpha value is -2.12. The predicted molar refractivity (Wildman–Crippen MR) is 79.5 cm³/mol. The molecule has 110 valence electrons. The molecule has 1 aromatic carbocycles. The Balaban J connectivity index is 2.27. The van der Waals surface area contributed by atoms with Gasteiger partial charge >= 0.3 is 5.97 Å². The fraction of sp³-hybridized carbons (Fsp3) is 0.154. The molecule has 21 heavy (non-hydrogen) atoms. The van der Waals surface area contributed by atoms with Gasteiger partial charge < -0.3 is 16.2 Å². The Labute approximate surface area is 128 Å². The molecule has 1 heterocycles. The highest BCUT2D eigenvalue weighted by atomic mass is 35.5. The van der Waals surface area contributed by atoms with Crippen LogP contribution in [0.4, 0.5) is 0 Å². The summed E-state index contributed by atoms with van der Waals surface area (Å²) >= 11 is 7.28. The molecule has 1 unspecified atom stereocenters. The van der Waals surface area contributed by atoms with E-state index in [1.807, 2.05) is 6.07 Å². The number of carbonyl (C=O) groups is 3. The zero-order valence-electron chi connectivity index (χ0n) is 10.6. The number of fused-ring (bicyclic) bond motifs is 1. The topological polar surface area (TPSA) is 109 Å². The van der Waals surface area contributed by atoms with E-state index >= 15 is 0 Å². The molecule has 1 aromatic heterocycles. The number of halogens is 1. The molecule has 0 fully saturated rings. The number of carbonyl (C=O) groups excluding carboxylic acids is 2. The van der Waals surface area contributed by atoms with E-state index < -0.39 is 30.2 Å². The Kier molecular flexibility index (Phi) is 4.44. The maximum Gasteiger partial charge on any atom is 0.326 e. The van der Waals surface area contributed by atoms with Gasteiger partial charge in [-0.1, -0.05) is 29.8 Å². The number of amides is 2. The van der Waals surface area contributed by atoms with Crippen LogP contribution in [0.3, 0.4) is 0 Å². The van der Waals surface area contributed by atoms with E-state index in [0.717, 1.165) is 21.4 Å². The van der Waals surface area contributed by atoms with E-state index in [9.17, 15) is 14.4 Å². The van der Waals surface area contributed by atoms with Crippen LogP contribution in [-0.2, 0) is 9.59 Å². The van der Waals surface area contributed by atoms with Crippen molar-refractivity contribution in [3.8, 4) is 0 Å². The van der Waals surface area contributed by atoms with Gasteiger partial charge in [-0.25, -0.2) is 4.79 Å². The Bertz CT molecular complexity index is 728. The van der Waals surface area contributed by atoms with Gasteiger partial charge in [0.05, 0.1) is 11.4 Å². The molecule has 4 N–H and O–H groups in total. The molecular weight excluding hydrogens is 316 g/mol. The van der Waals surface area contributed by atoms with Gasteiger partial charge in [-0.2, -0.15) is 0 Å². The van der Waals surface area contributed by atoms with E-state index in [2.05, 4.69) is 5.32 Å². The molecule has 0 spiro atoms. The second-order valence-electron chi connectivity index (χ2n) is 4.28. The van der Waals surface area contributed by atoms with Gasteiger partial charge in [-0.15, -0.1) is 11.3 Å². The first kappa shape index (κ1) is 15.3. The number of aliphatic carboxylic acids is 1. The molecule has 8 heteroatoms. The zero-order chi connectivity index (χ0) is 15.6. The van der Waals surface area contributed by atoms with Gasteiger partial charge in [0, 0.05) is 10.1 Å². The van der Waals surface area contributed by atoms with Crippen molar-refractivity contribution >= 4 is 50.8 Å². The van der Waals surface area contributed by atoms with E-state index in [-0.39, 0.29) is 9.90 Å². The van der Waals surface area contributed by atoms with Gasteiger partial charge in [-0.05, 0) is 6.07 Å². The van der Waals surface area contributed by atoms with Crippen molar-refractivity contribution in [1.29, 1.82) is 0 Å². The van der Waals surface area contributed by atoms with Gasteiger partial charge in [0.1, 0.15) is 10.9 Å². The van der Waals surface area contributed by atoms with Crippen LogP contribution in [0.2, 0.25) is 5.02 Å². The molecule has 0 aliphatic carbocycles. The summed E-state index contributed by atoms with van der Waals surface area (Å²) in [5.74, 6) is -2.79. The summed E-state index contributed by atoms with van der Waals surface area (Å²) in [6, 6.07) is 5.79. The van der Waals surface area contributed by atoms with Crippen LogP contribution in [0.5, 0.6) is 0 Å². The SMILES string of the molecule is NC(=O)CC(NC(=O)c1sc2ccccc2c1Cl)C(=O)O. The lowest BCUT2D eigenvalue weighted by Gasteiger charge is -2.12. The van der Waals surface area contributed by atoms with Crippen LogP contribution >= 0.6 is 22.9 Å². The average Bonchev–Trinajstić information content (AvgIpc) is 2.75. The largest absolute Gasteiger partial charge is 0.480 e. The number of rotatable bonds is 5. The highest BCUT2D eigenvalue weighted by Crippen LogP contribution is 2.35. The Morgan fingerprint density at radius 3 is 2.57 bits per heavy atom. The zero-order valence-corrected chi connectivity index (χ0v) is 12.2. The molecule has 0 bridgehead atoms. The molecule has 0 aliphatic heterocycles. The maximum atomic E-state index is 12.1. The van der Waals surface area contributed by atoms with E-state index in [4.69, 9.17) is 22.4 Å². The van der Waals surface area contributed by atoms with Crippen molar-refractivity contribution in [3.63, 3.8) is 0 Å². The average molecular weight is 327 g/mol. The van der Waals surface area contributed by atoms with Gasteiger partial charge in [0.15, 0.2) is 0 Å². The van der Waals surface area contributed by atoms with Crippen molar-refractivity contribution in [1.82, 2.24) is 5.32 Å². The van der Waals surface area contributed by atoms with Crippen LogP contribution in [0.25, 0.3) is 10.1 Å². The third kappa shape index (κ3) is 3.32. The van der Waals surface area contributed by atoms with Crippen LogP contribution in [0.1, 0.15) is 16.1 Å². The molecule has 1 atom stereocenters. The van der Waals surface area contributed by atoms with Crippen LogP contribution in [0.15, 0.2) is 24.3 Å². The number of carboxylic acids is 1. The summed E-state index contributed by atoms with van der Waals surface area (Å²) in [5.41, 5.74) is 4.96. The number of hydrogen-bond acceptors (Lipinski definition) is 4. The number of benzene rings is 1. The third-order valence-electron chi connectivity index (χ3n) is 2.75. The van der Waals surface area contributed by atoms with Crippen molar-refractivity contribution in [2.24, 2.45) is 5.73 Å². The minimum atomic E-state index is -1.38. The van der Waals surface area contributed by atoms with Gasteiger partial charge in [0.2, 0.25) is 5.91 Å². The van der Waals surface area contributed by atoms with Crippen molar-refractivity contribution in [3.05, 3.63) is 34.2 Å². The van der Waals surface area contributed by atoms with E-state index in [1.165, 1.54) is 0 Å². The molecule has 0 saturated carbocycles. The summed E-state index contributed by atoms with van der Waals surface area (Å²) < 4.78 is 0.814. The highest BCUT2D eigenvalue weighted by molar-refractivity contribution is 7.21. The molecule has 0 aliphatic rings. The second-order valence-corrected chi connectivity index (χ2v) is 5.71. The minimum absolute atomic E-state index is 0.202. The lowest BCUT2D eigenvalue weighted by Crippen LogP contribution is -2.43. The standard InChI is InChI=1S/C13H11ClN2O4S/c14-10-6-3-1-2-4-8(6)21-11(10)12(18)16-7(13(19)20)5-9(15)17/h1-4,7H,5H2,(H2,15,17)(H,16,18)(H,19,20). The Morgan fingerprint density at radius 1 is 1.33 bits per heavy atom. The summed E-state index contributed by atoms with van der Waals surface area (Å²) in [4.78, 5) is 34.2. The minimum Gasteiger partial charge on any atom is -0.480 e. The van der Waals surface area contributed by atoms with Crippen LogP contribution in [0, 0.1) is 0 Å². The number of primary amides is 1. The third-order valence-corrected chi connectivity index (χ3v) is 4.42. The smallest absolute Gasteiger partial charge is 0.326 e. The highest BCUT2D eigenvalue weighted by Gasteiger charge is 2.25. The first-order valence-electron chi connectivity index (χ1n) is 5.89. The predicted octanol–water partition coefficient (Wildman–Crippen LogP) is 1.61. The number of nitrogens with two attached hydrogens (primary N) is 1. The summed E-state index contributed by atoms with van der Waals surface area (Å²) in [5, 5.41) is 12.2. The quantitative estimate of drug-likeness (QED) is 0.775. The number of carboxylic acid groups (broad SMARTS) is 1. The van der Waals surface area contributed by atoms with Gasteiger partial charge in [0.25, 0.3) is 5.91 Å². The van der Waals surface area contributed by atoms with E-state index in [1.54, 1.807) is 18.2 Å². The van der Waals surface area contributed by atoms with Crippen LogP contribution < -0.4 is 11.1 Å². The van der Waals surface area contributed by atoms with Crippen molar-refractivity contribution < 1.29 is 19.5 Å². The number of thiophene rings is 1. The maximum absolute atomic E-state index is 12.1. The molecule has 6 nitrogen and oxygen atoms in total. The molecule has 2 amide bonds. The first-order valence-corrected chi connectivity index (χ1v) is 7.08.